The molecule has 0 saturated carbocycles. The van der Waals surface area contributed by atoms with Crippen LogP contribution in [0.1, 0.15) is 5.56 Å². The molecule has 0 radical (unpaired) electrons. The molecule has 94 valence electrons. The quantitative estimate of drug-likeness (QED) is 0.590. The predicted octanol–water partition coefficient (Wildman–Crippen LogP) is 2.97. The highest BCUT2D eigenvalue weighted by atomic mass is 80.0. The number of alkyl halides is 3. The Balaban J connectivity index is 2.36. The van der Waals surface area contributed by atoms with Crippen LogP contribution < -0.4 is 0 Å². The maximum absolute atomic E-state index is 11.3. The first-order chi connectivity index (χ1) is 7.89. The second kappa shape index (κ2) is 6.87. The lowest BCUT2D eigenvalue weighted by atomic mass is 10.1. The van der Waals surface area contributed by atoms with Gasteiger partial charge in [0.1, 0.15) is 6.61 Å². The molecule has 1 N–H and O–H groups in total. The maximum Gasteiger partial charge on any atom is 0.345 e. The van der Waals surface area contributed by atoms with E-state index >= 15 is 0 Å². The molecule has 0 heterocycles. The van der Waals surface area contributed by atoms with Gasteiger partial charge in [-0.25, -0.2) is 4.79 Å². The highest BCUT2D eigenvalue weighted by Gasteiger charge is 2.30. The van der Waals surface area contributed by atoms with Gasteiger partial charge in [-0.3, -0.25) is 0 Å². The number of hydrogen-bond donors (Lipinski definition) is 1. The average Bonchev–Trinajstić information content (AvgIpc) is 2.26. The van der Waals surface area contributed by atoms with E-state index in [9.17, 15) is 9.90 Å². The van der Waals surface area contributed by atoms with Crippen molar-refractivity contribution in [1.29, 1.82) is 0 Å². The van der Waals surface area contributed by atoms with Crippen LogP contribution in [0.5, 0.6) is 0 Å². The second-order valence-corrected chi connectivity index (χ2v) is 10.2. The lowest BCUT2D eigenvalue weighted by Gasteiger charge is -2.15. The fourth-order valence-corrected chi connectivity index (χ4v) is 1.54. The van der Waals surface area contributed by atoms with Gasteiger partial charge in [0.05, 0.1) is 6.10 Å². The molecule has 0 spiro atoms. The zero-order chi connectivity index (χ0) is 12.9. The van der Waals surface area contributed by atoms with Crippen LogP contribution in [0.3, 0.4) is 0 Å². The smallest absolute Gasteiger partial charge is 0.345 e. The van der Waals surface area contributed by atoms with Crippen molar-refractivity contribution in [2.24, 2.45) is 0 Å². The first-order valence-electron chi connectivity index (χ1n) is 4.85. The molecule has 1 unspecified atom stereocenters. The van der Waals surface area contributed by atoms with Crippen molar-refractivity contribution in [2.45, 2.75) is 14.7 Å². The number of aliphatic hydroxyl groups is 1. The van der Waals surface area contributed by atoms with Crippen molar-refractivity contribution in [3.8, 4) is 0 Å². The molecular weight excluding hydrogens is 420 g/mol. The van der Waals surface area contributed by atoms with E-state index in [1.807, 2.05) is 30.3 Å². The first-order valence-corrected chi connectivity index (χ1v) is 7.23. The number of benzene rings is 1. The Kier molecular flexibility index (Phi) is 6.12. The van der Waals surface area contributed by atoms with E-state index < -0.39 is 14.2 Å². The summed E-state index contributed by atoms with van der Waals surface area (Å²) in [5.74, 6) is -0.537. The third-order valence-electron chi connectivity index (χ3n) is 1.95. The number of esters is 1. The number of carbonyl (C=O) groups is 1. The van der Waals surface area contributed by atoms with Crippen molar-refractivity contribution < 1.29 is 14.6 Å². The maximum atomic E-state index is 11.3. The predicted molar refractivity (Wildman–Crippen MR) is 76.6 cm³/mol. The molecule has 0 aliphatic heterocycles. The average molecular weight is 431 g/mol. The molecule has 1 rings (SSSR count). The fraction of sp³-hybridized carbons (Fsp3) is 0.364. The van der Waals surface area contributed by atoms with Crippen molar-refractivity contribution in [1.82, 2.24) is 0 Å². The van der Waals surface area contributed by atoms with E-state index in [0.717, 1.165) is 5.56 Å². The summed E-state index contributed by atoms with van der Waals surface area (Å²) in [6.07, 6.45) is -0.259. The normalized spacial score (nSPS) is 13.2. The zero-order valence-corrected chi connectivity index (χ0v) is 13.5. The van der Waals surface area contributed by atoms with Gasteiger partial charge in [0.15, 0.2) is 0 Å². The number of halogens is 3. The summed E-state index contributed by atoms with van der Waals surface area (Å²) in [5, 5.41) is 9.69. The molecule has 3 nitrogen and oxygen atoms in total. The van der Waals surface area contributed by atoms with E-state index in [1.165, 1.54) is 0 Å². The third-order valence-corrected chi connectivity index (χ3v) is 2.92. The van der Waals surface area contributed by atoms with Crippen LogP contribution in [0.2, 0.25) is 0 Å². The van der Waals surface area contributed by atoms with Crippen LogP contribution in [0, 0.1) is 0 Å². The summed E-state index contributed by atoms with van der Waals surface area (Å²) >= 11 is 9.11. The van der Waals surface area contributed by atoms with E-state index in [-0.39, 0.29) is 6.61 Å². The van der Waals surface area contributed by atoms with Crippen LogP contribution in [0.4, 0.5) is 0 Å². The minimum Gasteiger partial charge on any atom is -0.461 e. The second-order valence-electron chi connectivity index (χ2n) is 3.44. The Bertz CT molecular complexity index is 362. The molecule has 0 amide bonds. The minimum atomic E-state index is -1.08. The van der Waals surface area contributed by atoms with Gasteiger partial charge in [0.2, 0.25) is 2.14 Å². The van der Waals surface area contributed by atoms with Crippen molar-refractivity contribution in [2.75, 3.05) is 6.61 Å². The fourth-order valence-electron chi connectivity index (χ4n) is 1.20. The van der Waals surface area contributed by atoms with Gasteiger partial charge in [0, 0.05) is 6.42 Å². The van der Waals surface area contributed by atoms with Crippen LogP contribution in [-0.2, 0) is 16.0 Å². The number of rotatable bonds is 4. The largest absolute Gasteiger partial charge is 0.461 e. The molecule has 0 saturated heterocycles. The lowest BCUT2D eigenvalue weighted by Crippen LogP contribution is -2.26. The number of hydrogen-bond acceptors (Lipinski definition) is 3. The topological polar surface area (TPSA) is 46.5 Å². The molecule has 1 aromatic rings. The van der Waals surface area contributed by atoms with Gasteiger partial charge in [-0.15, -0.1) is 0 Å². The summed E-state index contributed by atoms with van der Waals surface area (Å²) in [4.78, 5) is 11.3. The van der Waals surface area contributed by atoms with E-state index in [0.29, 0.717) is 6.42 Å². The molecule has 0 aromatic heterocycles. The summed E-state index contributed by atoms with van der Waals surface area (Å²) in [6.45, 7) is -0.0434. The van der Waals surface area contributed by atoms with Crippen LogP contribution in [0.25, 0.3) is 0 Å². The van der Waals surface area contributed by atoms with E-state index in [2.05, 4.69) is 47.8 Å². The van der Waals surface area contributed by atoms with Gasteiger partial charge >= 0.3 is 5.97 Å². The summed E-state index contributed by atoms with van der Waals surface area (Å²) in [5.41, 5.74) is 0.999. The third kappa shape index (κ3) is 5.99. The molecule has 1 atom stereocenters. The van der Waals surface area contributed by atoms with Crippen LogP contribution in [0.15, 0.2) is 30.3 Å². The molecule has 0 bridgehead atoms. The van der Waals surface area contributed by atoms with Crippen LogP contribution in [-0.4, -0.2) is 25.9 Å². The van der Waals surface area contributed by atoms with Gasteiger partial charge < -0.3 is 9.84 Å². The Labute approximate surface area is 125 Å². The van der Waals surface area contributed by atoms with Crippen LogP contribution >= 0.6 is 47.8 Å². The number of ether oxygens (including phenoxy) is 1. The Morgan fingerprint density at radius 3 is 2.41 bits per heavy atom. The monoisotopic (exact) mass is 428 g/mol. The molecule has 0 aliphatic rings. The Hall–Kier alpha value is 0.0900. The number of aliphatic hydroxyl groups excluding tert-OH is 1. The summed E-state index contributed by atoms with van der Waals surface area (Å²) in [7, 11) is 0. The zero-order valence-electron chi connectivity index (χ0n) is 8.78. The highest BCUT2D eigenvalue weighted by Crippen LogP contribution is 2.34. The van der Waals surface area contributed by atoms with E-state index in [1.54, 1.807) is 0 Å². The van der Waals surface area contributed by atoms with Crippen molar-refractivity contribution >= 4 is 53.8 Å². The molecular formula is C11H11Br3O3. The molecule has 6 heteroatoms. The van der Waals surface area contributed by atoms with E-state index in [4.69, 9.17) is 4.74 Å². The van der Waals surface area contributed by atoms with Crippen molar-refractivity contribution in [3.63, 3.8) is 0 Å². The van der Waals surface area contributed by atoms with Crippen molar-refractivity contribution in [3.05, 3.63) is 35.9 Å². The molecule has 17 heavy (non-hydrogen) atoms. The van der Waals surface area contributed by atoms with Gasteiger partial charge in [-0.2, -0.15) is 0 Å². The highest BCUT2D eigenvalue weighted by molar-refractivity contribution is 9.40. The van der Waals surface area contributed by atoms with Gasteiger partial charge in [-0.1, -0.05) is 30.3 Å². The minimum absolute atomic E-state index is 0.0434. The van der Waals surface area contributed by atoms with Gasteiger partial charge in [0.25, 0.3) is 0 Å². The summed E-state index contributed by atoms with van der Waals surface area (Å²) in [6, 6.07) is 9.53. The number of carbonyl (C=O) groups excluding carboxylic acids is 1. The lowest BCUT2D eigenvalue weighted by molar-refractivity contribution is -0.144. The first kappa shape index (κ1) is 15.1. The molecule has 1 aromatic carbocycles. The summed E-state index contributed by atoms with van der Waals surface area (Å²) < 4.78 is 3.83. The van der Waals surface area contributed by atoms with Gasteiger partial charge in [-0.05, 0) is 53.4 Å². The standard InChI is InChI=1S/C11H11Br3O3/c12-11(13,14)10(16)17-7-9(15)6-8-4-2-1-3-5-8/h1-5,9,15H,6-7H2. The Morgan fingerprint density at radius 2 is 1.88 bits per heavy atom. The molecule has 0 fully saturated rings. The molecule has 0 aliphatic carbocycles. The Morgan fingerprint density at radius 1 is 1.29 bits per heavy atom. The SMILES string of the molecule is O=C(OCC(O)Cc1ccccc1)C(Br)(Br)Br.